The zero-order chi connectivity index (χ0) is 21.5. The van der Waals surface area contributed by atoms with Gasteiger partial charge in [0.15, 0.2) is 23.3 Å². The van der Waals surface area contributed by atoms with Crippen LogP contribution in [-0.2, 0) is 13.0 Å². The lowest BCUT2D eigenvalue weighted by atomic mass is 10.1. The number of benzene rings is 1. The van der Waals surface area contributed by atoms with Gasteiger partial charge in [-0.1, -0.05) is 26.0 Å². The minimum atomic E-state index is -0.0846. The number of nitrogens with one attached hydrogen (secondary N) is 2. The van der Waals surface area contributed by atoms with Gasteiger partial charge in [-0.3, -0.25) is 0 Å². The number of guanidine groups is 1. The average Bonchev–Trinajstić information content (AvgIpc) is 3.16. The van der Waals surface area contributed by atoms with E-state index >= 15 is 0 Å². The molecular formula is C22H35IN6O2. The molecule has 8 nitrogen and oxygen atoms in total. The minimum Gasteiger partial charge on any atom is -0.493 e. The fourth-order valence-corrected chi connectivity index (χ4v) is 3.39. The molecule has 3 rings (SSSR count). The van der Waals surface area contributed by atoms with Crippen molar-refractivity contribution < 1.29 is 9.47 Å². The molecule has 31 heavy (non-hydrogen) atoms. The van der Waals surface area contributed by atoms with E-state index < -0.39 is 0 Å². The molecular weight excluding hydrogens is 507 g/mol. The second-order valence-electron chi connectivity index (χ2n) is 7.90. The van der Waals surface area contributed by atoms with E-state index in [4.69, 9.17) is 14.5 Å². The zero-order valence-corrected chi connectivity index (χ0v) is 21.4. The molecule has 9 heteroatoms. The van der Waals surface area contributed by atoms with Crippen LogP contribution in [0.4, 0.5) is 0 Å². The number of rotatable bonds is 8. The summed E-state index contributed by atoms with van der Waals surface area (Å²) < 4.78 is 13.4. The normalized spacial score (nSPS) is 16.8. The molecule has 2 N–H and O–H groups in total. The maximum absolute atomic E-state index is 6.02. The maximum Gasteiger partial charge on any atom is 0.191 e. The summed E-state index contributed by atoms with van der Waals surface area (Å²) in [5.74, 6) is 4.60. The number of fused-ring (bicyclic) bond motifs is 1. The molecule has 0 bridgehead atoms. The third kappa shape index (κ3) is 6.98. The highest BCUT2D eigenvalue weighted by Crippen LogP contribution is 2.26. The molecule has 0 saturated heterocycles. The van der Waals surface area contributed by atoms with E-state index in [0.717, 1.165) is 55.0 Å². The van der Waals surface area contributed by atoms with Gasteiger partial charge in [0, 0.05) is 24.9 Å². The van der Waals surface area contributed by atoms with Crippen LogP contribution in [0.1, 0.15) is 51.7 Å². The molecule has 2 unspecified atom stereocenters. The molecule has 1 aliphatic heterocycles. The van der Waals surface area contributed by atoms with Gasteiger partial charge in [0.1, 0.15) is 11.9 Å². The van der Waals surface area contributed by atoms with Crippen LogP contribution in [0, 0.1) is 0 Å². The second-order valence-corrected chi connectivity index (χ2v) is 7.90. The third-order valence-electron chi connectivity index (χ3n) is 4.98. The van der Waals surface area contributed by atoms with Crippen molar-refractivity contribution in [3.63, 3.8) is 0 Å². The van der Waals surface area contributed by atoms with Crippen molar-refractivity contribution in [2.24, 2.45) is 4.99 Å². The van der Waals surface area contributed by atoms with Gasteiger partial charge in [-0.2, -0.15) is 5.10 Å². The molecule has 0 radical (unpaired) electrons. The molecule has 1 aromatic carbocycles. The van der Waals surface area contributed by atoms with Crippen LogP contribution in [-0.4, -0.2) is 53.1 Å². The van der Waals surface area contributed by atoms with Gasteiger partial charge >= 0.3 is 0 Å². The van der Waals surface area contributed by atoms with Crippen LogP contribution < -0.4 is 20.1 Å². The minimum absolute atomic E-state index is 0. The van der Waals surface area contributed by atoms with Gasteiger partial charge < -0.3 is 20.1 Å². The van der Waals surface area contributed by atoms with Crippen molar-refractivity contribution in [2.45, 2.75) is 65.1 Å². The van der Waals surface area contributed by atoms with E-state index in [0.29, 0.717) is 12.5 Å². The molecule has 0 fully saturated rings. The first-order valence-electron chi connectivity index (χ1n) is 10.8. The first kappa shape index (κ1) is 25.2. The molecule has 0 spiro atoms. The number of methoxy groups -OCH3 is 1. The summed E-state index contributed by atoms with van der Waals surface area (Å²) in [6, 6.07) is 7.93. The van der Waals surface area contributed by atoms with Gasteiger partial charge in [0.2, 0.25) is 0 Å². The summed E-state index contributed by atoms with van der Waals surface area (Å²) >= 11 is 0. The Morgan fingerprint density at radius 2 is 2.00 bits per heavy atom. The summed E-state index contributed by atoms with van der Waals surface area (Å²) in [6.07, 6.45) is 1.84. The number of aryl methyl sites for hydroxylation is 1. The monoisotopic (exact) mass is 542 g/mol. The fraction of sp³-hybridized carbons (Fsp3) is 0.591. The number of hydrogen-bond acceptors (Lipinski definition) is 5. The van der Waals surface area contributed by atoms with E-state index in [1.807, 2.05) is 35.9 Å². The molecule has 0 amide bonds. The summed E-state index contributed by atoms with van der Waals surface area (Å²) in [6.45, 7) is 10.5. The van der Waals surface area contributed by atoms with Crippen molar-refractivity contribution >= 4 is 29.9 Å². The number of aromatic nitrogens is 3. The van der Waals surface area contributed by atoms with Crippen LogP contribution >= 0.6 is 24.0 Å². The number of para-hydroxylation sites is 2. The maximum atomic E-state index is 6.02. The lowest BCUT2D eigenvalue weighted by Crippen LogP contribution is -2.47. The van der Waals surface area contributed by atoms with Gasteiger partial charge in [-0.15, -0.1) is 24.0 Å². The predicted octanol–water partition coefficient (Wildman–Crippen LogP) is 3.37. The van der Waals surface area contributed by atoms with Crippen molar-refractivity contribution in [1.29, 1.82) is 0 Å². The number of ether oxygens (including phenoxy) is 2. The first-order chi connectivity index (χ1) is 14.5. The molecule has 1 aliphatic rings. The molecule has 2 atom stereocenters. The quantitative estimate of drug-likeness (QED) is 0.303. The molecule has 1 aromatic heterocycles. The standard InChI is InChI=1S/C22H34N6O2.HI/c1-6-23-22(24-13-16(4)30-19-10-8-7-9-18(19)29-5)25-17-11-12-20-26-21(15(2)3)27-28(20)14-17;/h7-10,15-17H,6,11-14H2,1-5H3,(H2,23,24,25);1H. The Labute approximate surface area is 202 Å². The Bertz CT molecular complexity index is 854. The fourth-order valence-electron chi connectivity index (χ4n) is 3.39. The van der Waals surface area contributed by atoms with Crippen LogP contribution in [0.15, 0.2) is 29.3 Å². The van der Waals surface area contributed by atoms with E-state index in [9.17, 15) is 0 Å². The molecule has 172 valence electrons. The van der Waals surface area contributed by atoms with Crippen LogP contribution in [0.25, 0.3) is 0 Å². The van der Waals surface area contributed by atoms with Crippen LogP contribution in [0.2, 0.25) is 0 Å². The third-order valence-corrected chi connectivity index (χ3v) is 4.98. The van der Waals surface area contributed by atoms with Crippen molar-refractivity contribution in [3.05, 3.63) is 35.9 Å². The number of aliphatic imine (C=N–C) groups is 1. The van der Waals surface area contributed by atoms with Crippen molar-refractivity contribution in [3.8, 4) is 11.5 Å². The number of nitrogens with zero attached hydrogens (tertiary/aromatic N) is 4. The molecule has 2 aromatic rings. The summed E-state index contributed by atoms with van der Waals surface area (Å²) in [5, 5.41) is 11.5. The highest BCUT2D eigenvalue weighted by atomic mass is 127. The SMILES string of the molecule is CCNC(=NCC(C)Oc1ccccc1OC)NC1CCc2nc(C(C)C)nn2C1.I. The Kier molecular flexibility index (Phi) is 9.86. The van der Waals surface area contributed by atoms with Gasteiger partial charge in [-0.25, -0.2) is 14.7 Å². The highest BCUT2D eigenvalue weighted by Gasteiger charge is 2.23. The zero-order valence-electron chi connectivity index (χ0n) is 19.1. The number of halogens is 1. The first-order valence-corrected chi connectivity index (χ1v) is 10.8. The smallest absolute Gasteiger partial charge is 0.191 e. The Hall–Kier alpha value is -2.04. The molecule has 0 saturated carbocycles. The van der Waals surface area contributed by atoms with E-state index in [1.54, 1.807) is 7.11 Å². The lowest BCUT2D eigenvalue weighted by Gasteiger charge is -2.25. The van der Waals surface area contributed by atoms with E-state index in [-0.39, 0.29) is 36.1 Å². The van der Waals surface area contributed by atoms with Gasteiger partial charge in [-0.05, 0) is 32.4 Å². The van der Waals surface area contributed by atoms with Gasteiger partial charge in [0.05, 0.1) is 20.2 Å². The topological polar surface area (TPSA) is 85.6 Å². The predicted molar refractivity (Wildman–Crippen MR) is 134 cm³/mol. The summed E-state index contributed by atoms with van der Waals surface area (Å²) in [4.78, 5) is 9.40. The number of hydrogen-bond donors (Lipinski definition) is 2. The van der Waals surface area contributed by atoms with E-state index in [2.05, 4.69) is 41.5 Å². The van der Waals surface area contributed by atoms with Crippen molar-refractivity contribution in [2.75, 3.05) is 20.2 Å². The van der Waals surface area contributed by atoms with Crippen LogP contribution in [0.5, 0.6) is 11.5 Å². The molecule has 2 heterocycles. The summed E-state index contributed by atoms with van der Waals surface area (Å²) in [7, 11) is 1.65. The Morgan fingerprint density at radius 1 is 1.26 bits per heavy atom. The largest absolute Gasteiger partial charge is 0.493 e. The Balaban J connectivity index is 0.00000341. The lowest BCUT2D eigenvalue weighted by molar-refractivity contribution is 0.219. The highest BCUT2D eigenvalue weighted by molar-refractivity contribution is 14.0. The van der Waals surface area contributed by atoms with Crippen LogP contribution in [0.3, 0.4) is 0 Å². The summed E-state index contributed by atoms with van der Waals surface area (Å²) in [5.41, 5.74) is 0. The van der Waals surface area contributed by atoms with Crippen molar-refractivity contribution in [1.82, 2.24) is 25.4 Å². The average molecular weight is 542 g/mol. The molecule has 0 aliphatic carbocycles. The van der Waals surface area contributed by atoms with Gasteiger partial charge in [0.25, 0.3) is 0 Å². The van der Waals surface area contributed by atoms with E-state index in [1.165, 1.54) is 0 Å². The second kappa shape index (κ2) is 12.1. The Morgan fingerprint density at radius 3 is 2.68 bits per heavy atom.